The third-order valence-corrected chi connectivity index (χ3v) is 4.65. The van der Waals surface area contributed by atoms with Crippen molar-refractivity contribution in [3.8, 4) is 11.8 Å². The van der Waals surface area contributed by atoms with Crippen molar-refractivity contribution in [3.05, 3.63) is 64.4 Å². The van der Waals surface area contributed by atoms with Crippen LogP contribution in [-0.2, 0) is 10.0 Å². The Morgan fingerprint density at radius 3 is 2.55 bits per heavy atom. The van der Waals surface area contributed by atoms with E-state index in [-0.39, 0.29) is 17.3 Å². The molecule has 3 nitrogen and oxygen atoms in total. The molecule has 0 saturated carbocycles. The summed E-state index contributed by atoms with van der Waals surface area (Å²) in [6.07, 6.45) is 0. The topological polar surface area (TPSA) is 46.2 Å². The van der Waals surface area contributed by atoms with E-state index >= 15 is 0 Å². The van der Waals surface area contributed by atoms with Crippen LogP contribution in [0.4, 0.5) is 4.39 Å². The molecule has 22 heavy (non-hydrogen) atoms. The van der Waals surface area contributed by atoms with Gasteiger partial charge in [0.25, 0.3) is 0 Å². The number of halogens is 2. The van der Waals surface area contributed by atoms with Gasteiger partial charge in [-0.25, -0.2) is 12.8 Å². The highest BCUT2D eigenvalue weighted by Crippen LogP contribution is 2.19. The van der Waals surface area contributed by atoms with Crippen molar-refractivity contribution < 1.29 is 12.8 Å². The fraction of sp³-hybridized carbons (Fsp3) is 0.125. The first-order valence-corrected chi connectivity index (χ1v) is 8.25. The number of hydrogen-bond acceptors (Lipinski definition) is 2. The highest BCUT2D eigenvalue weighted by atomic mass is 35.5. The van der Waals surface area contributed by atoms with E-state index in [4.69, 9.17) is 11.6 Å². The second-order valence-corrected chi connectivity index (χ2v) is 6.71. The predicted octanol–water partition coefficient (Wildman–Crippen LogP) is 3.12. The molecule has 0 atom stereocenters. The summed E-state index contributed by atoms with van der Waals surface area (Å²) in [5, 5.41) is 0.350. The Morgan fingerprint density at radius 1 is 1.18 bits per heavy atom. The molecule has 2 rings (SSSR count). The van der Waals surface area contributed by atoms with Gasteiger partial charge in [0.1, 0.15) is 5.82 Å². The first-order chi connectivity index (χ1) is 10.4. The van der Waals surface area contributed by atoms with Crippen LogP contribution >= 0.6 is 11.6 Å². The van der Waals surface area contributed by atoms with Crippen LogP contribution in [0.1, 0.15) is 11.1 Å². The molecule has 2 aromatic carbocycles. The molecular formula is C16H13ClFNO2S. The van der Waals surface area contributed by atoms with E-state index in [9.17, 15) is 12.8 Å². The molecule has 1 N–H and O–H groups in total. The largest absolute Gasteiger partial charge is 0.241 e. The van der Waals surface area contributed by atoms with Gasteiger partial charge in [0, 0.05) is 10.6 Å². The minimum Gasteiger partial charge on any atom is -0.207 e. The van der Waals surface area contributed by atoms with Crippen molar-refractivity contribution in [2.45, 2.75) is 11.8 Å². The van der Waals surface area contributed by atoms with Crippen molar-refractivity contribution in [2.75, 3.05) is 6.54 Å². The Hall–Kier alpha value is -1.87. The maximum Gasteiger partial charge on any atom is 0.241 e. The lowest BCUT2D eigenvalue weighted by Crippen LogP contribution is -2.24. The standard InChI is InChI=1S/C16H13ClFNO2S/c1-12-4-7-14(17)11-16(12)22(20,21)19-10-2-3-13-5-8-15(18)9-6-13/h4-9,11,19H,10H2,1H3. The van der Waals surface area contributed by atoms with Crippen LogP contribution in [0.3, 0.4) is 0 Å². The smallest absolute Gasteiger partial charge is 0.207 e. The number of benzene rings is 2. The van der Waals surface area contributed by atoms with Gasteiger partial charge < -0.3 is 0 Å². The summed E-state index contributed by atoms with van der Waals surface area (Å²) in [6, 6.07) is 10.3. The summed E-state index contributed by atoms with van der Waals surface area (Å²) in [6.45, 7) is 1.64. The zero-order valence-electron chi connectivity index (χ0n) is 11.7. The van der Waals surface area contributed by atoms with E-state index in [1.165, 1.54) is 30.3 Å². The van der Waals surface area contributed by atoms with E-state index in [1.807, 2.05) is 0 Å². The molecule has 2 aromatic rings. The van der Waals surface area contributed by atoms with Gasteiger partial charge in [0.05, 0.1) is 11.4 Å². The van der Waals surface area contributed by atoms with Gasteiger partial charge >= 0.3 is 0 Å². The average Bonchev–Trinajstić information content (AvgIpc) is 2.48. The van der Waals surface area contributed by atoms with Crippen molar-refractivity contribution >= 4 is 21.6 Å². The number of sulfonamides is 1. The molecule has 0 heterocycles. The summed E-state index contributed by atoms with van der Waals surface area (Å²) in [5.41, 5.74) is 1.21. The molecule has 6 heteroatoms. The fourth-order valence-electron chi connectivity index (χ4n) is 1.75. The Morgan fingerprint density at radius 2 is 1.86 bits per heavy atom. The van der Waals surface area contributed by atoms with Crippen LogP contribution < -0.4 is 4.72 Å². The van der Waals surface area contributed by atoms with Gasteiger partial charge in [-0.05, 0) is 48.9 Å². The van der Waals surface area contributed by atoms with E-state index in [2.05, 4.69) is 16.6 Å². The van der Waals surface area contributed by atoms with Gasteiger partial charge in [-0.2, -0.15) is 4.72 Å². The van der Waals surface area contributed by atoms with E-state index in [0.717, 1.165) is 0 Å². The average molecular weight is 338 g/mol. The molecule has 0 bridgehead atoms. The van der Waals surface area contributed by atoms with Crippen molar-refractivity contribution in [1.29, 1.82) is 0 Å². The van der Waals surface area contributed by atoms with Crippen LogP contribution in [0.25, 0.3) is 0 Å². The summed E-state index contributed by atoms with van der Waals surface area (Å²) in [7, 11) is -3.67. The Labute approximate surface area is 134 Å². The second-order valence-electron chi connectivity index (χ2n) is 4.54. The number of hydrogen-bond donors (Lipinski definition) is 1. The molecule has 0 fully saturated rings. The summed E-state index contributed by atoms with van der Waals surface area (Å²) in [5.74, 6) is 5.09. The fourth-order valence-corrected chi connectivity index (χ4v) is 3.18. The summed E-state index contributed by atoms with van der Waals surface area (Å²) >= 11 is 5.83. The predicted molar refractivity (Wildman–Crippen MR) is 84.7 cm³/mol. The summed E-state index contributed by atoms with van der Waals surface area (Å²) < 4.78 is 39.5. The van der Waals surface area contributed by atoms with E-state index in [0.29, 0.717) is 16.1 Å². The van der Waals surface area contributed by atoms with Gasteiger partial charge in [-0.1, -0.05) is 29.5 Å². The van der Waals surface area contributed by atoms with Crippen molar-refractivity contribution in [2.24, 2.45) is 0 Å². The molecule has 0 aliphatic carbocycles. The maximum absolute atomic E-state index is 12.7. The minimum atomic E-state index is -3.67. The normalized spacial score (nSPS) is 10.9. The Kier molecular flexibility index (Phi) is 5.19. The van der Waals surface area contributed by atoms with Gasteiger partial charge in [0.15, 0.2) is 0 Å². The molecule has 0 saturated heterocycles. The third kappa shape index (κ3) is 4.31. The molecule has 0 aromatic heterocycles. The van der Waals surface area contributed by atoms with Gasteiger partial charge in [0.2, 0.25) is 10.0 Å². The van der Waals surface area contributed by atoms with Crippen LogP contribution in [0, 0.1) is 24.6 Å². The first kappa shape index (κ1) is 16.5. The second kappa shape index (κ2) is 6.93. The summed E-state index contributed by atoms with van der Waals surface area (Å²) in [4.78, 5) is 0.128. The highest BCUT2D eigenvalue weighted by Gasteiger charge is 2.16. The van der Waals surface area contributed by atoms with Crippen LogP contribution in [0.5, 0.6) is 0 Å². The molecule has 0 amide bonds. The van der Waals surface area contributed by atoms with Crippen molar-refractivity contribution in [3.63, 3.8) is 0 Å². The van der Waals surface area contributed by atoms with E-state index in [1.54, 1.807) is 19.1 Å². The monoisotopic (exact) mass is 337 g/mol. The zero-order chi connectivity index (χ0) is 16.2. The molecule has 114 valence electrons. The highest BCUT2D eigenvalue weighted by molar-refractivity contribution is 7.89. The first-order valence-electron chi connectivity index (χ1n) is 6.39. The lowest BCUT2D eigenvalue weighted by atomic mass is 10.2. The van der Waals surface area contributed by atoms with Gasteiger partial charge in [-0.15, -0.1) is 0 Å². The number of rotatable bonds is 3. The molecule has 0 aliphatic heterocycles. The van der Waals surface area contributed by atoms with Crippen LogP contribution in [-0.4, -0.2) is 15.0 Å². The lowest BCUT2D eigenvalue weighted by molar-refractivity contribution is 0.585. The SMILES string of the molecule is Cc1ccc(Cl)cc1S(=O)(=O)NCC#Cc1ccc(F)cc1. The molecule has 0 spiro atoms. The van der Waals surface area contributed by atoms with E-state index < -0.39 is 10.0 Å². The Balaban J connectivity index is 2.08. The van der Waals surface area contributed by atoms with Crippen molar-refractivity contribution in [1.82, 2.24) is 4.72 Å². The quantitative estimate of drug-likeness (QED) is 0.875. The van der Waals surface area contributed by atoms with Gasteiger partial charge in [-0.3, -0.25) is 0 Å². The minimum absolute atomic E-state index is 0.0499. The molecule has 0 aliphatic rings. The van der Waals surface area contributed by atoms with Crippen LogP contribution in [0.15, 0.2) is 47.4 Å². The maximum atomic E-state index is 12.7. The zero-order valence-corrected chi connectivity index (χ0v) is 13.3. The molecule has 0 unspecified atom stereocenters. The molecular weight excluding hydrogens is 325 g/mol. The lowest BCUT2D eigenvalue weighted by Gasteiger charge is -2.07. The van der Waals surface area contributed by atoms with Crippen LogP contribution in [0.2, 0.25) is 5.02 Å². The number of aryl methyl sites for hydroxylation is 1. The third-order valence-electron chi connectivity index (χ3n) is 2.87. The molecule has 0 radical (unpaired) electrons. The number of nitrogens with one attached hydrogen (secondary N) is 1. The Bertz CT molecular complexity index is 837.